The predicted molar refractivity (Wildman–Crippen MR) is 82.0 cm³/mol. The zero-order chi connectivity index (χ0) is 15.2. The van der Waals surface area contributed by atoms with Gasteiger partial charge >= 0.3 is 5.69 Å². The van der Waals surface area contributed by atoms with Crippen molar-refractivity contribution in [1.82, 2.24) is 4.98 Å². The second kappa shape index (κ2) is 7.22. The summed E-state index contributed by atoms with van der Waals surface area (Å²) in [6.07, 6.45) is 4.72. The van der Waals surface area contributed by atoms with Crippen LogP contribution in [0.2, 0.25) is 0 Å². The molecule has 5 nitrogen and oxygen atoms in total. The lowest BCUT2D eigenvalue weighted by Gasteiger charge is -2.25. The molecule has 5 heteroatoms. The molecule has 1 aromatic rings. The van der Waals surface area contributed by atoms with Gasteiger partial charge in [0.1, 0.15) is 0 Å². The van der Waals surface area contributed by atoms with Crippen molar-refractivity contribution >= 4 is 11.5 Å². The molecular formula is C15H25N3O2. The molecule has 0 bridgehead atoms. The third kappa shape index (κ3) is 5.15. The molecule has 0 radical (unpaired) electrons. The van der Waals surface area contributed by atoms with Crippen LogP contribution >= 0.6 is 0 Å². The van der Waals surface area contributed by atoms with Crippen molar-refractivity contribution in [3.63, 3.8) is 0 Å². The summed E-state index contributed by atoms with van der Waals surface area (Å²) in [4.78, 5) is 14.8. The molecule has 1 aromatic heterocycles. The maximum absolute atomic E-state index is 11.0. The molecule has 1 rings (SSSR count). The number of unbranched alkanes of at least 4 members (excludes halogenated alkanes) is 2. The minimum Gasteiger partial charge on any atom is -0.364 e. The van der Waals surface area contributed by atoms with Crippen LogP contribution in [0, 0.1) is 22.5 Å². The van der Waals surface area contributed by atoms with Crippen molar-refractivity contribution in [1.29, 1.82) is 0 Å². The van der Waals surface area contributed by atoms with E-state index in [0.717, 1.165) is 12.1 Å². The third-order valence-corrected chi connectivity index (χ3v) is 3.40. The van der Waals surface area contributed by atoms with E-state index in [0.29, 0.717) is 12.4 Å². The van der Waals surface area contributed by atoms with Crippen LogP contribution in [0.15, 0.2) is 12.1 Å². The average molecular weight is 279 g/mol. The Balaban J connectivity index is 2.68. The van der Waals surface area contributed by atoms with Gasteiger partial charge in [0, 0.05) is 18.3 Å². The van der Waals surface area contributed by atoms with E-state index in [1.54, 1.807) is 6.07 Å². The van der Waals surface area contributed by atoms with Gasteiger partial charge in [0.2, 0.25) is 5.82 Å². The molecule has 0 aliphatic rings. The summed E-state index contributed by atoms with van der Waals surface area (Å²) in [5.74, 6) is 0.374. The lowest BCUT2D eigenvalue weighted by molar-refractivity contribution is -0.384. The van der Waals surface area contributed by atoms with Gasteiger partial charge in [-0.2, -0.15) is 0 Å². The average Bonchev–Trinajstić information content (AvgIpc) is 2.36. The van der Waals surface area contributed by atoms with Gasteiger partial charge in [0.15, 0.2) is 0 Å². The number of hydrogen-bond acceptors (Lipinski definition) is 4. The zero-order valence-electron chi connectivity index (χ0n) is 12.9. The summed E-state index contributed by atoms with van der Waals surface area (Å²) in [5, 5.41) is 14.1. The Hall–Kier alpha value is -1.65. The van der Waals surface area contributed by atoms with Crippen molar-refractivity contribution in [2.24, 2.45) is 5.41 Å². The Labute approximate surface area is 121 Å². The molecule has 0 saturated heterocycles. The van der Waals surface area contributed by atoms with Crippen LogP contribution in [-0.4, -0.2) is 16.5 Å². The summed E-state index contributed by atoms with van der Waals surface area (Å²) >= 11 is 0. The molecule has 20 heavy (non-hydrogen) atoms. The van der Waals surface area contributed by atoms with Gasteiger partial charge in [-0.3, -0.25) is 10.1 Å². The van der Waals surface area contributed by atoms with Crippen LogP contribution in [0.4, 0.5) is 11.5 Å². The number of nitrogens with zero attached hydrogens (tertiary/aromatic N) is 2. The van der Waals surface area contributed by atoms with Crippen molar-refractivity contribution < 1.29 is 4.92 Å². The number of rotatable bonds is 8. The summed E-state index contributed by atoms with van der Waals surface area (Å²) in [5.41, 5.74) is 0.927. The van der Waals surface area contributed by atoms with Gasteiger partial charge in [-0.25, -0.2) is 4.98 Å². The molecule has 0 unspecified atom stereocenters. The molecule has 112 valence electrons. The molecule has 1 N–H and O–H groups in total. The first-order valence-electron chi connectivity index (χ1n) is 7.21. The van der Waals surface area contributed by atoms with Crippen molar-refractivity contribution in [3.05, 3.63) is 27.9 Å². The quantitative estimate of drug-likeness (QED) is 0.437. The SMILES string of the molecule is CCCCCC(C)(C)CNc1nc(C)ccc1[N+](=O)[O-]. The zero-order valence-corrected chi connectivity index (χ0v) is 12.9. The minimum absolute atomic E-state index is 0.0416. The Morgan fingerprint density at radius 1 is 1.35 bits per heavy atom. The molecule has 0 amide bonds. The first-order chi connectivity index (χ1) is 9.35. The first-order valence-corrected chi connectivity index (χ1v) is 7.21. The molecule has 1 heterocycles. The van der Waals surface area contributed by atoms with Crippen LogP contribution < -0.4 is 5.32 Å². The molecule has 0 aliphatic carbocycles. The number of nitro groups is 1. The fraction of sp³-hybridized carbons (Fsp3) is 0.667. The van der Waals surface area contributed by atoms with E-state index < -0.39 is 4.92 Å². The predicted octanol–water partition coefficient (Wildman–Crippen LogP) is 4.32. The standard InChI is InChI=1S/C15H25N3O2/c1-5-6-7-10-15(3,4)11-16-14-13(18(19)20)9-8-12(2)17-14/h8-9H,5-7,10-11H2,1-4H3,(H,16,17). The van der Waals surface area contributed by atoms with Gasteiger partial charge in [-0.05, 0) is 24.8 Å². The summed E-state index contributed by atoms with van der Waals surface area (Å²) in [7, 11) is 0. The fourth-order valence-electron chi connectivity index (χ4n) is 2.09. The summed E-state index contributed by atoms with van der Waals surface area (Å²) in [6, 6.07) is 3.17. The fourth-order valence-corrected chi connectivity index (χ4v) is 2.09. The number of nitrogens with one attached hydrogen (secondary N) is 1. The van der Waals surface area contributed by atoms with Gasteiger partial charge in [-0.15, -0.1) is 0 Å². The van der Waals surface area contributed by atoms with Crippen molar-refractivity contribution in [2.75, 3.05) is 11.9 Å². The van der Waals surface area contributed by atoms with Crippen LogP contribution in [0.5, 0.6) is 0 Å². The largest absolute Gasteiger partial charge is 0.364 e. The monoisotopic (exact) mass is 279 g/mol. The number of hydrogen-bond donors (Lipinski definition) is 1. The van der Waals surface area contributed by atoms with Gasteiger partial charge in [0.05, 0.1) is 4.92 Å². The van der Waals surface area contributed by atoms with E-state index in [4.69, 9.17) is 0 Å². The highest BCUT2D eigenvalue weighted by molar-refractivity contribution is 5.56. The normalized spacial score (nSPS) is 11.4. The van der Waals surface area contributed by atoms with E-state index in [1.165, 1.54) is 25.3 Å². The summed E-state index contributed by atoms with van der Waals surface area (Å²) < 4.78 is 0. The Morgan fingerprint density at radius 3 is 2.65 bits per heavy atom. The Morgan fingerprint density at radius 2 is 2.05 bits per heavy atom. The molecule has 0 aromatic carbocycles. The number of anilines is 1. The second-order valence-electron chi connectivity index (χ2n) is 6.05. The van der Waals surface area contributed by atoms with Crippen LogP contribution in [-0.2, 0) is 0 Å². The lowest BCUT2D eigenvalue weighted by Crippen LogP contribution is -2.24. The number of aryl methyl sites for hydroxylation is 1. The molecule has 0 fully saturated rings. The molecule has 0 atom stereocenters. The van der Waals surface area contributed by atoms with Crippen LogP contribution in [0.1, 0.15) is 52.1 Å². The van der Waals surface area contributed by atoms with E-state index in [9.17, 15) is 10.1 Å². The van der Waals surface area contributed by atoms with Crippen LogP contribution in [0.3, 0.4) is 0 Å². The lowest BCUT2D eigenvalue weighted by atomic mass is 9.87. The van der Waals surface area contributed by atoms with E-state index in [2.05, 4.69) is 31.1 Å². The number of pyridine rings is 1. The van der Waals surface area contributed by atoms with E-state index in [-0.39, 0.29) is 11.1 Å². The highest BCUT2D eigenvalue weighted by Crippen LogP contribution is 2.27. The maximum atomic E-state index is 11.0. The first kappa shape index (κ1) is 16.4. The topological polar surface area (TPSA) is 68.1 Å². The highest BCUT2D eigenvalue weighted by atomic mass is 16.6. The maximum Gasteiger partial charge on any atom is 0.311 e. The van der Waals surface area contributed by atoms with Crippen molar-refractivity contribution in [3.8, 4) is 0 Å². The number of aromatic nitrogens is 1. The van der Waals surface area contributed by atoms with Gasteiger partial charge < -0.3 is 5.32 Å². The van der Waals surface area contributed by atoms with Gasteiger partial charge in [-0.1, -0.05) is 40.0 Å². The van der Waals surface area contributed by atoms with E-state index >= 15 is 0 Å². The smallest absolute Gasteiger partial charge is 0.311 e. The second-order valence-corrected chi connectivity index (χ2v) is 6.05. The summed E-state index contributed by atoms with van der Waals surface area (Å²) in [6.45, 7) is 9.06. The third-order valence-electron chi connectivity index (χ3n) is 3.40. The Bertz CT molecular complexity index is 458. The van der Waals surface area contributed by atoms with Gasteiger partial charge in [0.25, 0.3) is 0 Å². The van der Waals surface area contributed by atoms with Crippen molar-refractivity contribution in [2.45, 2.75) is 53.4 Å². The molecular weight excluding hydrogens is 254 g/mol. The molecule has 0 spiro atoms. The molecule has 0 saturated carbocycles. The van der Waals surface area contributed by atoms with Crippen LogP contribution in [0.25, 0.3) is 0 Å². The molecule has 0 aliphatic heterocycles. The minimum atomic E-state index is -0.390. The highest BCUT2D eigenvalue weighted by Gasteiger charge is 2.21. The van der Waals surface area contributed by atoms with E-state index in [1.807, 2.05) is 6.92 Å². The Kier molecular flexibility index (Phi) is 5.92.